The van der Waals surface area contributed by atoms with E-state index in [2.05, 4.69) is 16.0 Å². The number of benzene rings is 2. The van der Waals surface area contributed by atoms with Gasteiger partial charge in [-0.2, -0.15) is 0 Å². The molecule has 1 fully saturated rings. The topological polar surface area (TPSA) is 87.3 Å². The van der Waals surface area contributed by atoms with Crippen LogP contribution in [0.25, 0.3) is 0 Å². The SMILES string of the molecule is O=C(CCC1(c2ccccc2)NC(=O)NC1=O)NCc1ccccc1Cl. The highest BCUT2D eigenvalue weighted by Gasteiger charge is 2.47. The van der Waals surface area contributed by atoms with E-state index in [1.807, 2.05) is 24.3 Å². The smallest absolute Gasteiger partial charge is 0.322 e. The van der Waals surface area contributed by atoms with Crippen LogP contribution in [0.4, 0.5) is 4.79 Å². The van der Waals surface area contributed by atoms with E-state index in [4.69, 9.17) is 11.6 Å². The fourth-order valence-electron chi connectivity index (χ4n) is 2.96. The third-order valence-electron chi connectivity index (χ3n) is 4.37. The molecule has 6 nitrogen and oxygen atoms in total. The van der Waals surface area contributed by atoms with E-state index >= 15 is 0 Å². The van der Waals surface area contributed by atoms with E-state index in [0.29, 0.717) is 17.1 Å². The van der Waals surface area contributed by atoms with Crippen molar-refractivity contribution < 1.29 is 14.4 Å². The zero-order valence-electron chi connectivity index (χ0n) is 13.9. The molecule has 1 unspecified atom stereocenters. The average molecular weight is 372 g/mol. The van der Waals surface area contributed by atoms with E-state index in [9.17, 15) is 14.4 Å². The first kappa shape index (κ1) is 17.9. The molecule has 0 saturated carbocycles. The van der Waals surface area contributed by atoms with Crippen molar-refractivity contribution in [3.63, 3.8) is 0 Å². The van der Waals surface area contributed by atoms with Gasteiger partial charge in [-0.3, -0.25) is 14.9 Å². The van der Waals surface area contributed by atoms with Gasteiger partial charge in [0.1, 0.15) is 5.54 Å². The van der Waals surface area contributed by atoms with Crippen LogP contribution in [0.5, 0.6) is 0 Å². The molecule has 2 aromatic rings. The van der Waals surface area contributed by atoms with Crippen molar-refractivity contribution in [1.82, 2.24) is 16.0 Å². The predicted molar refractivity (Wildman–Crippen MR) is 97.3 cm³/mol. The third kappa shape index (κ3) is 3.70. The van der Waals surface area contributed by atoms with Crippen LogP contribution >= 0.6 is 11.6 Å². The Bertz CT molecular complexity index is 841. The van der Waals surface area contributed by atoms with Crippen molar-refractivity contribution in [2.75, 3.05) is 0 Å². The number of urea groups is 1. The van der Waals surface area contributed by atoms with Crippen molar-refractivity contribution in [3.05, 3.63) is 70.7 Å². The Morgan fingerprint density at radius 1 is 1.04 bits per heavy atom. The van der Waals surface area contributed by atoms with Crippen molar-refractivity contribution in [3.8, 4) is 0 Å². The van der Waals surface area contributed by atoms with Crippen LogP contribution in [0.3, 0.4) is 0 Å². The number of carbonyl (C=O) groups is 3. The Labute approximate surface area is 155 Å². The van der Waals surface area contributed by atoms with E-state index in [0.717, 1.165) is 5.56 Å². The Morgan fingerprint density at radius 3 is 2.38 bits per heavy atom. The first-order valence-corrected chi connectivity index (χ1v) is 8.58. The van der Waals surface area contributed by atoms with Crippen LogP contribution in [0.2, 0.25) is 5.02 Å². The molecule has 0 bridgehead atoms. The number of imide groups is 1. The van der Waals surface area contributed by atoms with Crippen molar-refractivity contribution >= 4 is 29.4 Å². The maximum absolute atomic E-state index is 12.4. The minimum absolute atomic E-state index is 0.0764. The molecule has 1 saturated heterocycles. The predicted octanol–water partition coefficient (Wildman–Crippen LogP) is 2.47. The summed E-state index contributed by atoms with van der Waals surface area (Å²) in [4.78, 5) is 36.3. The lowest BCUT2D eigenvalue weighted by atomic mass is 9.85. The minimum Gasteiger partial charge on any atom is -0.352 e. The monoisotopic (exact) mass is 371 g/mol. The highest BCUT2D eigenvalue weighted by molar-refractivity contribution is 6.31. The van der Waals surface area contributed by atoms with Crippen molar-refractivity contribution in [1.29, 1.82) is 0 Å². The van der Waals surface area contributed by atoms with E-state index in [1.54, 1.807) is 30.3 Å². The van der Waals surface area contributed by atoms with Gasteiger partial charge in [-0.05, 0) is 23.6 Å². The Morgan fingerprint density at radius 2 is 1.73 bits per heavy atom. The number of amides is 4. The van der Waals surface area contributed by atoms with Crippen LogP contribution in [0.1, 0.15) is 24.0 Å². The standard InChI is InChI=1S/C19H18ClN3O3/c20-15-9-5-4-6-13(15)12-21-16(24)10-11-19(14-7-2-1-3-8-14)17(25)22-18(26)23-19/h1-9H,10-12H2,(H,21,24)(H2,22,23,25,26). The van der Waals surface area contributed by atoms with Crippen LogP contribution in [0, 0.1) is 0 Å². The van der Waals surface area contributed by atoms with Gasteiger partial charge < -0.3 is 10.6 Å². The molecule has 2 aromatic carbocycles. The molecule has 4 amide bonds. The zero-order chi connectivity index (χ0) is 18.6. The summed E-state index contributed by atoms with van der Waals surface area (Å²) >= 11 is 6.07. The lowest BCUT2D eigenvalue weighted by Crippen LogP contribution is -2.44. The van der Waals surface area contributed by atoms with E-state index < -0.39 is 17.5 Å². The van der Waals surface area contributed by atoms with Crippen molar-refractivity contribution in [2.24, 2.45) is 0 Å². The summed E-state index contributed by atoms with van der Waals surface area (Å²) in [5, 5.41) is 8.30. The van der Waals surface area contributed by atoms with Gasteiger partial charge in [0.2, 0.25) is 5.91 Å². The summed E-state index contributed by atoms with van der Waals surface area (Å²) in [5.41, 5.74) is 0.217. The molecule has 3 rings (SSSR count). The lowest BCUT2D eigenvalue weighted by molar-refractivity contribution is -0.125. The molecule has 26 heavy (non-hydrogen) atoms. The van der Waals surface area contributed by atoms with Gasteiger partial charge in [-0.15, -0.1) is 0 Å². The molecule has 7 heteroatoms. The maximum atomic E-state index is 12.4. The second kappa shape index (κ2) is 7.58. The number of hydrogen-bond donors (Lipinski definition) is 3. The summed E-state index contributed by atoms with van der Waals surface area (Å²) < 4.78 is 0. The molecule has 0 spiro atoms. The van der Waals surface area contributed by atoms with Gasteiger partial charge in [0.15, 0.2) is 0 Å². The number of nitrogens with one attached hydrogen (secondary N) is 3. The summed E-state index contributed by atoms with van der Waals surface area (Å²) in [6, 6.07) is 15.6. The van der Waals surface area contributed by atoms with Crippen LogP contribution < -0.4 is 16.0 Å². The van der Waals surface area contributed by atoms with E-state index in [1.165, 1.54) is 0 Å². The summed E-state index contributed by atoms with van der Waals surface area (Å²) in [7, 11) is 0. The lowest BCUT2D eigenvalue weighted by Gasteiger charge is -2.26. The normalized spacial score (nSPS) is 19.0. The number of rotatable bonds is 6. The van der Waals surface area contributed by atoms with Gasteiger partial charge >= 0.3 is 6.03 Å². The molecular formula is C19H18ClN3O3. The quantitative estimate of drug-likeness (QED) is 0.682. The number of carbonyl (C=O) groups excluding carboxylic acids is 3. The van der Waals surface area contributed by atoms with Gasteiger partial charge in [-0.1, -0.05) is 60.1 Å². The highest BCUT2D eigenvalue weighted by atomic mass is 35.5. The molecule has 0 aromatic heterocycles. The Hall–Kier alpha value is -2.86. The average Bonchev–Trinajstić information content (AvgIpc) is 2.94. The van der Waals surface area contributed by atoms with Crippen molar-refractivity contribution in [2.45, 2.75) is 24.9 Å². The molecular weight excluding hydrogens is 354 g/mol. The molecule has 134 valence electrons. The largest absolute Gasteiger partial charge is 0.352 e. The third-order valence-corrected chi connectivity index (χ3v) is 4.74. The number of hydrogen-bond acceptors (Lipinski definition) is 3. The summed E-state index contributed by atoms with van der Waals surface area (Å²) in [6.45, 7) is 0.301. The molecule has 0 radical (unpaired) electrons. The second-order valence-corrected chi connectivity index (χ2v) is 6.45. The molecule has 1 heterocycles. The minimum atomic E-state index is -1.24. The van der Waals surface area contributed by atoms with Gasteiger partial charge in [0.05, 0.1) is 0 Å². The zero-order valence-corrected chi connectivity index (χ0v) is 14.7. The Balaban J connectivity index is 1.67. The van der Waals surface area contributed by atoms with Crippen LogP contribution in [-0.2, 0) is 21.7 Å². The first-order valence-electron chi connectivity index (χ1n) is 8.20. The Kier molecular flexibility index (Phi) is 5.23. The number of halogens is 1. The van der Waals surface area contributed by atoms with Gasteiger partial charge in [0, 0.05) is 18.0 Å². The van der Waals surface area contributed by atoms with E-state index in [-0.39, 0.29) is 18.7 Å². The fourth-order valence-corrected chi connectivity index (χ4v) is 3.17. The molecule has 3 N–H and O–H groups in total. The molecule has 1 aliphatic rings. The second-order valence-electron chi connectivity index (χ2n) is 6.05. The summed E-state index contributed by atoms with van der Waals surface area (Å²) in [5.74, 6) is -0.679. The van der Waals surface area contributed by atoms with Gasteiger partial charge in [0.25, 0.3) is 5.91 Å². The highest BCUT2D eigenvalue weighted by Crippen LogP contribution is 2.30. The molecule has 0 aliphatic carbocycles. The van der Waals surface area contributed by atoms with Crippen LogP contribution in [0.15, 0.2) is 54.6 Å². The molecule has 1 atom stereocenters. The first-order chi connectivity index (χ1) is 12.5. The summed E-state index contributed by atoms with van der Waals surface area (Å²) in [6.07, 6.45) is 0.232. The maximum Gasteiger partial charge on any atom is 0.322 e. The molecule has 1 aliphatic heterocycles. The van der Waals surface area contributed by atoms with Crippen LogP contribution in [-0.4, -0.2) is 17.8 Å². The fraction of sp³-hybridized carbons (Fsp3) is 0.211. The van der Waals surface area contributed by atoms with Gasteiger partial charge in [-0.25, -0.2) is 4.79 Å².